The van der Waals surface area contributed by atoms with Crippen molar-refractivity contribution < 1.29 is 27.9 Å². The molecule has 4 rings (SSSR count). The molecule has 0 saturated heterocycles. The van der Waals surface area contributed by atoms with Gasteiger partial charge in [-0.25, -0.2) is 9.59 Å². The van der Waals surface area contributed by atoms with Gasteiger partial charge in [0, 0.05) is 11.1 Å². The quantitative estimate of drug-likeness (QED) is 0.164. The van der Waals surface area contributed by atoms with Crippen LogP contribution in [0.5, 0.6) is 0 Å². The van der Waals surface area contributed by atoms with Gasteiger partial charge in [0.15, 0.2) is 0 Å². The van der Waals surface area contributed by atoms with Crippen LogP contribution in [0.15, 0.2) is 91.8 Å². The summed E-state index contributed by atoms with van der Waals surface area (Å²) >= 11 is 0. The Balaban J connectivity index is 1.40. The van der Waals surface area contributed by atoms with Crippen molar-refractivity contribution in [2.24, 2.45) is 10.2 Å². The number of esters is 2. The van der Waals surface area contributed by atoms with Crippen molar-refractivity contribution >= 4 is 24.4 Å². The van der Waals surface area contributed by atoms with Gasteiger partial charge < -0.3 is 18.3 Å². The largest absolute Gasteiger partial charge is 0.462 e. The first-order chi connectivity index (χ1) is 17.6. The van der Waals surface area contributed by atoms with E-state index in [0.717, 1.165) is 11.1 Å². The van der Waals surface area contributed by atoms with Gasteiger partial charge in [-0.15, -0.1) is 0 Å². The smallest absolute Gasteiger partial charge is 0.338 e. The van der Waals surface area contributed by atoms with Gasteiger partial charge in [0.2, 0.25) is 0 Å². The van der Waals surface area contributed by atoms with E-state index in [0.29, 0.717) is 47.4 Å². The van der Waals surface area contributed by atoms with Crippen molar-refractivity contribution in [2.75, 3.05) is 13.2 Å². The highest BCUT2D eigenvalue weighted by atomic mass is 16.5. The highest BCUT2D eigenvalue weighted by Gasteiger charge is 2.11. The van der Waals surface area contributed by atoms with Gasteiger partial charge in [-0.1, -0.05) is 24.3 Å². The highest BCUT2D eigenvalue weighted by Crippen LogP contribution is 2.24. The number of carbonyl (C=O) groups is 2. The number of rotatable bonds is 9. The molecule has 0 aliphatic carbocycles. The van der Waals surface area contributed by atoms with Gasteiger partial charge >= 0.3 is 11.9 Å². The fourth-order valence-corrected chi connectivity index (χ4v) is 3.36. The maximum Gasteiger partial charge on any atom is 0.338 e. The number of nitrogens with zero attached hydrogens (tertiary/aromatic N) is 2. The first kappa shape index (κ1) is 24.4. The van der Waals surface area contributed by atoms with Gasteiger partial charge in [-0.2, -0.15) is 10.2 Å². The zero-order valence-electron chi connectivity index (χ0n) is 19.8. The average Bonchev–Trinajstić information content (AvgIpc) is 3.57. The fourth-order valence-electron chi connectivity index (χ4n) is 3.36. The minimum atomic E-state index is -0.380. The molecule has 0 aliphatic heterocycles. The van der Waals surface area contributed by atoms with Crippen LogP contribution in [0, 0.1) is 0 Å². The van der Waals surface area contributed by atoms with Gasteiger partial charge in [0.25, 0.3) is 0 Å². The molecule has 0 amide bonds. The molecule has 8 nitrogen and oxygen atoms in total. The summed E-state index contributed by atoms with van der Waals surface area (Å²) in [4.78, 5) is 23.9. The second-order valence-electron chi connectivity index (χ2n) is 7.50. The molecule has 0 radical (unpaired) electrons. The van der Waals surface area contributed by atoms with E-state index in [1.165, 1.54) is 12.4 Å². The zero-order chi connectivity index (χ0) is 25.3. The topological polar surface area (TPSA) is 104 Å². The molecule has 4 aromatic rings. The predicted molar refractivity (Wildman–Crippen MR) is 135 cm³/mol. The van der Waals surface area contributed by atoms with Crippen LogP contribution < -0.4 is 0 Å². The molecule has 36 heavy (non-hydrogen) atoms. The molecular weight excluding hydrogens is 460 g/mol. The third kappa shape index (κ3) is 6.04. The van der Waals surface area contributed by atoms with Crippen molar-refractivity contribution in [1.29, 1.82) is 0 Å². The third-order valence-electron chi connectivity index (χ3n) is 5.01. The fraction of sp³-hybridized carbons (Fsp3) is 0.143. The van der Waals surface area contributed by atoms with Crippen LogP contribution in [0.1, 0.15) is 46.1 Å². The lowest BCUT2D eigenvalue weighted by molar-refractivity contribution is 0.0517. The van der Waals surface area contributed by atoms with Crippen LogP contribution in [0.25, 0.3) is 22.6 Å². The summed E-state index contributed by atoms with van der Waals surface area (Å²) < 4.78 is 21.7. The van der Waals surface area contributed by atoms with Crippen LogP contribution in [-0.2, 0) is 9.47 Å². The molecule has 8 heteroatoms. The van der Waals surface area contributed by atoms with E-state index >= 15 is 0 Å². The number of furan rings is 2. The number of hydrogen-bond acceptors (Lipinski definition) is 8. The Morgan fingerprint density at radius 3 is 1.56 bits per heavy atom. The number of carbonyl (C=O) groups excluding carboxylic acids is 2. The van der Waals surface area contributed by atoms with Crippen LogP contribution >= 0.6 is 0 Å². The first-order valence-electron chi connectivity index (χ1n) is 11.4. The van der Waals surface area contributed by atoms with Crippen LogP contribution in [-0.4, -0.2) is 37.6 Å². The highest BCUT2D eigenvalue weighted by molar-refractivity contribution is 5.91. The summed E-state index contributed by atoms with van der Waals surface area (Å²) in [5.74, 6) is 1.42. The SMILES string of the molecule is CCOC(=O)c1cccc(-c2ccc(/C=N/N=C/c3ccc(-c4cccc(C(=O)OCC)c4)o3)o2)c1. The summed E-state index contributed by atoms with van der Waals surface area (Å²) in [5.41, 5.74) is 2.41. The monoisotopic (exact) mass is 484 g/mol. The number of benzene rings is 2. The van der Waals surface area contributed by atoms with Gasteiger partial charge in [0.05, 0.1) is 36.8 Å². The molecule has 0 unspecified atom stereocenters. The van der Waals surface area contributed by atoms with E-state index in [2.05, 4.69) is 10.2 Å². The summed E-state index contributed by atoms with van der Waals surface area (Å²) in [5, 5.41) is 8.02. The minimum Gasteiger partial charge on any atom is -0.462 e. The van der Waals surface area contributed by atoms with E-state index in [9.17, 15) is 9.59 Å². The molecule has 0 aliphatic rings. The lowest BCUT2D eigenvalue weighted by atomic mass is 10.1. The predicted octanol–water partition coefficient (Wildman–Crippen LogP) is 6.01. The molecule has 2 aromatic carbocycles. The standard InChI is InChI=1S/C28H24N2O6/c1-3-33-27(31)21-9-5-7-19(15-21)25-13-11-23(35-25)17-29-30-18-24-12-14-26(36-24)20-8-6-10-22(16-20)28(32)34-4-2/h5-18H,3-4H2,1-2H3/b29-17+,30-18+. The van der Waals surface area contributed by atoms with Crippen LogP contribution in [0.4, 0.5) is 0 Å². The van der Waals surface area contributed by atoms with Crippen molar-refractivity contribution in [3.05, 3.63) is 95.4 Å². The van der Waals surface area contributed by atoms with E-state index in [-0.39, 0.29) is 11.9 Å². The Hall–Kier alpha value is -4.72. The molecule has 182 valence electrons. The molecule has 2 aromatic heterocycles. The average molecular weight is 485 g/mol. The second kappa shape index (κ2) is 11.6. The molecular formula is C28H24N2O6. The lowest BCUT2D eigenvalue weighted by Crippen LogP contribution is -2.04. The molecule has 2 heterocycles. The minimum absolute atomic E-state index is 0.312. The maximum atomic E-state index is 12.0. The Morgan fingerprint density at radius 1 is 0.694 bits per heavy atom. The van der Waals surface area contributed by atoms with Crippen molar-refractivity contribution in [3.63, 3.8) is 0 Å². The third-order valence-corrected chi connectivity index (χ3v) is 5.01. The Labute approximate surface area is 207 Å². The van der Waals surface area contributed by atoms with E-state index < -0.39 is 0 Å². The van der Waals surface area contributed by atoms with Crippen LogP contribution in [0.2, 0.25) is 0 Å². The Morgan fingerprint density at radius 2 is 1.14 bits per heavy atom. The summed E-state index contributed by atoms with van der Waals surface area (Å²) in [6.45, 7) is 4.15. The normalized spacial score (nSPS) is 11.3. The number of ether oxygens (including phenoxy) is 2. The molecule has 0 bridgehead atoms. The lowest BCUT2D eigenvalue weighted by Gasteiger charge is -2.03. The molecule has 0 atom stereocenters. The van der Waals surface area contributed by atoms with Gasteiger partial charge in [-0.05, 0) is 62.4 Å². The second-order valence-corrected chi connectivity index (χ2v) is 7.50. The zero-order valence-corrected chi connectivity index (χ0v) is 19.8. The molecule has 0 spiro atoms. The summed E-state index contributed by atoms with van der Waals surface area (Å²) in [6.07, 6.45) is 2.95. The molecule has 0 saturated carbocycles. The van der Waals surface area contributed by atoms with E-state index in [4.69, 9.17) is 18.3 Å². The molecule has 0 fully saturated rings. The Bertz CT molecular complexity index is 1300. The van der Waals surface area contributed by atoms with Gasteiger partial charge in [0.1, 0.15) is 23.0 Å². The van der Waals surface area contributed by atoms with Crippen molar-refractivity contribution in [1.82, 2.24) is 0 Å². The van der Waals surface area contributed by atoms with Crippen molar-refractivity contribution in [2.45, 2.75) is 13.8 Å². The van der Waals surface area contributed by atoms with Gasteiger partial charge in [-0.3, -0.25) is 0 Å². The number of hydrogen-bond donors (Lipinski definition) is 0. The van der Waals surface area contributed by atoms with E-state index in [1.54, 1.807) is 74.5 Å². The summed E-state index contributed by atoms with van der Waals surface area (Å²) in [7, 11) is 0. The molecule has 0 N–H and O–H groups in total. The Kier molecular flexibility index (Phi) is 7.87. The van der Waals surface area contributed by atoms with Crippen LogP contribution in [0.3, 0.4) is 0 Å². The first-order valence-corrected chi connectivity index (χ1v) is 11.4. The van der Waals surface area contributed by atoms with Crippen molar-refractivity contribution in [3.8, 4) is 22.6 Å². The van der Waals surface area contributed by atoms with E-state index in [1.807, 2.05) is 12.1 Å². The summed E-state index contributed by atoms with van der Waals surface area (Å²) in [6, 6.07) is 21.1. The maximum absolute atomic E-state index is 12.0.